The van der Waals surface area contributed by atoms with Gasteiger partial charge in [-0.1, -0.05) is 42.5 Å². The Bertz CT molecular complexity index is 3230. The smallest absolute Gasteiger partial charge is 0.410 e. The molecule has 4 fully saturated rings. The molecule has 4 aliphatic heterocycles. The Morgan fingerprint density at radius 2 is 1.06 bits per heavy atom. The van der Waals surface area contributed by atoms with E-state index in [0.29, 0.717) is 18.6 Å². The van der Waals surface area contributed by atoms with Gasteiger partial charge < -0.3 is 29.1 Å². The van der Waals surface area contributed by atoms with E-state index in [9.17, 15) is 9.59 Å². The molecule has 0 N–H and O–H groups in total. The number of ether oxygens (including phenoxy) is 2. The van der Waals surface area contributed by atoms with Gasteiger partial charge in [0.1, 0.15) is 11.2 Å². The van der Waals surface area contributed by atoms with E-state index in [1.807, 2.05) is 117 Å². The molecule has 16 heteroatoms. The second-order valence-electron chi connectivity index (χ2n) is 20.4. The van der Waals surface area contributed by atoms with Gasteiger partial charge in [0.25, 0.3) is 0 Å². The molecule has 0 spiro atoms. The van der Waals surface area contributed by atoms with E-state index < -0.39 is 11.2 Å². The third kappa shape index (κ3) is 8.70. The van der Waals surface area contributed by atoms with Gasteiger partial charge in [-0.3, -0.25) is 4.98 Å². The number of amides is 2. The minimum absolute atomic E-state index is 0.196. The summed E-state index contributed by atoms with van der Waals surface area (Å²) in [6, 6.07) is 28.3. The molecule has 3 aromatic carbocycles. The number of halogens is 1. The van der Waals surface area contributed by atoms with E-state index in [2.05, 4.69) is 100 Å². The predicted molar refractivity (Wildman–Crippen MR) is 270 cm³/mol. The number of likely N-dealkylation sites (tertiary alicyclic amines) is 2. The third-order valence-electron chi connectivity index (χ3n) is 13.4. The summed E-state index contributed by atoms with van der Waals surface area (Å²) in [5.41, 5.74) is 10.3. The SMILES string of the molecule is CC(C)(C)OC(=O)N1C[C@@H]2C[C@H]1CN2c1ccc(-c2cnc3c(-c4ccnc5ccccc45)cnn3c2)cc1.CC(C)(C)OC(=O)N1C[C@@H]2C[C@H]1CN2c1ccc(-c2cnc3c(Br)cnn3c2)cc1. The van der Waals surface area contributed by atoms with E-state index in [-0.39, 0.29) is 24.3 Å². The molecular formula is C53H54BrN11O4. The highest BCUT2D eigenvalue weighted by Crippen LogP contribution is 2.38. The predicted octanol–water partition coefficient (Wildman–Crippen LogP) is 10.2. The molecule has 4 aliphatic rings. The zero-order valence-electron chi connectivity index (χ0n) is 39.5. The van der Waals surface area contributed by atoms with Crippen LogP contribution in [0.1, 0.15) is 54.4 Å². The van der Waals surface area contributed by atoms with Crippen molar-refractivity contribution >= 4 is 61.7 Å². The van der Waals surface area contributed by atoms with Crippen LogP contribution in [-0.4, -0.2) is 118 Å². The fraction of sp³-hybridized carbons (Fsp3) is 0.340. The molecular weight excluding hydrogens is 935 g/mol. The van der Waals surface area contributed by atoms with Crippen LogP contribution in [0.25, 0.3) is 55.6 Å². The second-order valence-corrected chi connectivity index (χ2v) is 21.3. The monoisotopic (exact) mass is 987 g/mol. The number of carbonyl (C=O) groups excluding carboxylic acids is 2. The van der Waals surface area contributed by atoms with Gasteiger partial charge in [-0.05, 0) is 123 Å². The first-order valence-corrected chi connectivity index (χ1v) is 24.3. The van der Waals surface area contributed by atoms with Crippen molar-refractivity contribution in [3.8, 4) is 33.4 Å². The summed E-state index contributed by atoms with van der Waals surface area (Å²) in [7, 11) is 0. The first-order valence-electron chi connectivity index (χ1n) is 23.5. The number of piperazine rings is 2. The number of pyridine rings is 1. The number of carbonyl (C=O) groups is 2. The largest absolute Gasteiger partial charge is 0.444 e. The quantitative estimate of drug-likeness (QED) is 0.163. The van der Waals surface area contributed by atoms with Gasteiger partial charge >= 0.3 is 12.2 Å². The number of para-hydroxylation sites is 1. The van der Waals surface area contributed by atoms with Gasteiger partial charge in [-0.2, -0.15) is 10.2 Å². The minimum atomic E-state index is -0.475. The van der Waals surface area contributed by atoms with E-state index in [4.69, 9.17) is 14.5 Å². The number of hydrogen-bond donors (Lipinski definition) is 0. The number of benzene rings is 3. The van der Waals surface area contributed by atoms with Gasteiger partial charge in [0, 0.05) is 103 Å². The fourth-order valence-corrected chi connectivity index (χ4v) is 10.7. The topological polar surface area (TPSA) is 139 Å². The maximum atomic E-state index is 12.6. The van der Waals surface area contributed by atoms with Crippen LogP contribution in [0.3, 0.4) is 0 Å². The van der Waals surface area contributed by atoms with Crippen LogP contribution in [0.15, 0.2) is 127 Å². The molecule has 0 saturated carbocycles. The maximum Gasteiger partial charge on any atom is 0.410 e. The van der Waals surface area contributed by atoms with Crippen LogP contribution < -0.4 is 9.80 Å². The average molecular weight is 989 g/mol. The Morgan fingerprint density at radius 1 is 0.551 bits per heavy atom. The zero-order chi connectivity index (χ0) is 47.8. The lowest BCUT2D eigenvalue weighted by atomic mass is 10.0. The number of anilines is 2. The van der Waals surface area contributed by atoms with Crippen molar-refractivity contribution in [2.75, 3.05) is 36.0 Å². The Balaban J connectivity index is 0.000000156. The molecule has 0 aliphatic carbocycles. The van der Waals surface area contributed by atoms with Gasteiger partial charge in [0.05, 0.1) is 34.5 Å². The number of nitrogens with zero attached hydrogens (tertiary/aromatic N) is 11. The molecule has 9 heterocycles. The van der Waals surface area contributed by atoms with Crippen molar-refractivity contribution in [3.05, 3.63) is 127 Å². The molecule has 4 atom stereocenters. The lowest BCUT2D eigenvalue weighted by Gasteiger charge is -2.36. The van der Waals surface area contributed by atoms with Crippen molar-refractivity contribution in [1.82, 2.24) is 44.0 Å². The van der Waals surface area contributed by atoms with Crippen LogP contribution in [0.4, 0.5) is 21.0 Å². The standard InChI is InChI=1S/C31H30N6O2.C22H24BrN5O2/c1-31(2,3)39-30(38)36-19-23-14-24(36)18-35(23)22-10-8-20(9-11-22)21-15-33-29-27(16-34-37(29)17-21)25-12-13-32-28-7-5-4-6-26(25)28;1-22(2,3)30-21(29)27-13-17-8-18(27)12-26(17)16-6-4-14(5-7-16)15-9-24-20-19(23)10-25-28(20)11-15/h4-13,15-17,23-24H,14,18-19H2,1-3H3;4-7,9-11,17-18H,8,12-13H2,1-3H3/t23-,24-;17-,18-/m00/s1. The Labute approximate surface area is 408 Å². The Kier molecular flexibility index (Phi) is 11.1. The average Bonchev–Trinajstić information content (AvgIpc) is 4.22. The molecule has 8 aromatic rings. The van der Waals surface area contributed by atoms with Crippen LogP contribution >= 0.6 is 15.9 Å². The molecule has 4 bridgehead atoms. The van der Waals surface area contributed by atoms with Gasteiger partial charge in [0.15, 0.2) is 11.3 Å². The number of aromatic nitrogens is 7. The van der Waals surface area contributed by atoms with Crippen LogP contribution in [0.5, 0.6) is 0 Å². The molecule has 2 amide bonds. The molecule has 69 heavy (non-hydrogen) atoms. The third-order valence-corrected chi connectivity index (χ3v) is 14.0. The van der Waals surface area contributed by atoms with E-state index in [1.54, 1.807) is 10.7 Å². The van der Waals surface area contributed by atoms with Crippen molar-refractivity contribution in [2.24, 2.45) is 0 Å². The minimum Gasteiger partial charge on any atom is -0.444 e. The van der Waals surface area contributed by atoms with E-state index in [1.165, 1.54) is 11.4 Å². The van der Waals surface area contributed by atoms with Crippen molar-refractivity contribution in [1.29, 1.82) is 0 Å². The highest BCUT2D eigenvalue weighted by molar-refractivity contribution is 9.10. The van der Waals surface area contributed by atoms with Crippen LogP contribution in [0.2, 0.25) is 0 Å². The summed E-state index contributed by atoms with van der Waals surface area (Å²) in [6.07, 6.45) is 14.8. The van der Waals surface area contributed by atoms with E-state index in [0.717, 1.165) is 92.5 Å². The van der Waals surface area contributed by atoms with Crippen molar-refractivity contribution in [2.45, 2.75) is 89.8 Å². The summed E-state index contributed by atoms with van der Waals surface area (Å²) in [5.74, 6) is 0. The second kappa shape index (κ2) is 17.2. The number of hydrogen-bond acceptors (Lipinski definition) is 11. The van der Waals surface area contributed by atoms with Gasteiger partial charge in [-0.25, -0.2) is 28.6 Å². The number of fused-ring (bicyclic) bond motifs is 7. The van der Waals surface area contributed by atoms with Gasteiger partial charge in [0.2, 0.25) is 0 Å². The lowest BCUT2D eigenvalue weighted by Crippen LogP contribution is -2.50. The summed E-state index contributed by atoms with van der Waals surface area (Å²) < 4.78 is 15.7. The Hall–Kier alpha value is -7.07. The molecule has 12 rings (SSSR count). The highest BCUT2D eigenvalue weighted by Gasteiger charge is 2.48. The van der Waals surface area contributed by atoms with Crippen molar-refractivity contribution in [3.63, 3.8) is 0 Å². The summed E-state index contributed by atoms with van der Waals surface area (Å²) in [5, 5.41) is 10.0. The zero-order valence-corrected chi connectivity index (χ0v) is 41.1. The first-order chi connectivity index (χ1) is 33.1. The Morgan fingerprint density at radius 3 is 1.58 bits per heavy atom. The van der Waals surface area contributed by atoms with E-state index >= 15 is 0 Å². The van der Waals surface area contributed by atoms with Gasteiger partial charge in [-0.15, -0.1) is 0 Å². The van der Waals surface area contributed by atoms with Crippen LogP contribution in [0, 0.1) is 0 Å². The molecule has 5 aromatic heterocycles. The normalized spacial score (nSPS) is 19.8. The molecule has 4 saturated heterocycles. The molecule has 0 unspecified atom stereocenters. The molecule has 15 nitrogen and oxygen atoms in total. The molecule has 0 radical (unpaired) electrons. The maximum absolute atomic E-state index is 12.6. The number of rotatable bonds is 5. The first kappa shape index (κ1) is 44.4. The summed E-state index contributed by atoms with van der Waals surface area (Å²) in [6.45, 7) is 14.6. The van der Waals surface area contributed by atoms with Crippen LogP contribution in [-0.2, 0) is 9.47 Å². The molecule has 352 valence electrons. The fourth-order valence-electron chi connectivity index (χ4n) is 10.3. The summed E-state index contributed by atoms with van der Waals surface area (Å²) >= 11 is 3.45. The summed E-state index contributed by atoms with van der Waals surface area (Å²) in [4.78, 5) is 47.4. The van der Waals surface area contributed by atoms with Crippen molar-refractivity contribution < 1.29 is 19.1 Å². The lowest BCUT2D eigenvalue weighted by molar-refractivity contribution is 0.0204. The highest BCUT2D eigenvalue weighted by atomic mass is 79.9.